The molecule has 0 aliphatic heterocycles. The Balaban J connectivity index is 2.98. The molecule has 0 saturated heterocycles. The van der Waals surface area contributed by atoms with Crippen molar-refractivity contribution in [1.82, 2.24) is 14.5 Å². The van der Waals surface area contributed by atoms with Gasteiger partial charge in [0, 0.05) is 12.5 Å². The maximum Gasteiger partial charge on any atom is 0.323 e. The standard InChI is InChI=1S/C10H15N3O3S/c1-10(2,3)8-7(17-12-11-8)9(16)13(4)5-6(14)15/h5H2,1-4H3,(H,14,15). The zero-order valence-electron chi connectivity index (χ0n) is 10.2. The Labute approximate surface area is 103 Å². The lowest BCUT2D eigenvalue weighted by molar-refractivity contribution is -0.137. The fourth-order valence-corrected chi connectivity index (χ4v) is 2.14. The highest BCUT2D eigenvalue weighted by Crippen LogP contribution is 2.26. The quantitative estimate of drug-likeness (QED) is 0.873. The lowest BCUT2D eigenvalue weighted by atomic mass is 9.91. The maximum atomic E-state index is 12.0. The van der Waals surface area contributed by atoms with E-state index < -0.39 is 5.97 Å². The van der Waals surface area contributed by atoms with Crippen molar-refractivity contribution in [2.45, 2.75) is 26.2 Å². The summed E-state index contributed by atoms with van der Waals surface area (Å²) in [4.78, 5) is 24.1. The summed E-state index contributed by atoms with van der Waals surface area (Å²) in [5.74, 6) is -1.40. The molecule has 6 nitrogen and oxygen atoms in total. The first kappa shape index (κ1) is 13.6. The Morgan fingerprint density at radius 3 is 2.47 bits per heavy atom. The molecule has 0 aromatic carbocycles. The summed E-state index contributed by atoms with van der Waals surface area (Å²) in [5, 5.41) is 12.6. The van der Waals surface area contributed by atoms with E-state index >= 15 is 0 Å². The molecule has 1 aromatic heterocycles. The second-order valence-electron chi connectivity index (χ2n) is 4.76. The number of aromatic nitrogens is 2. The molecule has 0 unspecified atom stereocenters. The van der Waals surface area contributed by atoms with E-state index in [0.29, 0.717) is 10.6 Å². The van der Waals surface area contributed by atoms with Crippen LogP contribution >= 0.6 is 11.5 Å². The van der Waals surface area contributed by atoms with Crippen LogP contribution in [0.5, 0.6) is 0 Å². The number of carbonyl (C=O) groups excluding carboxylic acids is 1. The van der Waals surface area contributed by atoms with E-state index in [1.54, 1.807) is 0 Å². The molecule has 1 heterocycles. The Morgan fingerprint density at radius 1 is 1.41 bits per heavy atom. The Kier molecular flexibility index (Phi) is 3.82. The molecule has 1 amide bonds. The highest BCUT2D eigenvalue weighted by atomic mass is 32.1. The van der Waals surface area contributed by atoms with Gasteiger partial charge in [-0.3, -0.25) is 9.59 Å². The van der Waals surface area contributed by atoms with Gasteiger partial charge in [-0.1, -0.05) is 25.3 Å². The monoisotopic (exact) mass is 257 g/mol. The first-order valence-electron chi connectivity index (χ1n) is 5.03. The summed E-state index contributed by atoms with van der Waals surface area (Å²) in [6.45, 7) is 5.45. The number of carbonyl (C=O) groups is 2. The minimum atomic E-state index is -1.05. The van der Waals surface area contributed by atoms with Crippen molar-refractivity contribution >= 4 is 23.4 Å². The SMILES string of the molecule is CN(CC(=O)O)C(=O)c1snnc1C(C)(C)C. The minimum Gasteiger partial charge on any atom is -0.480 e. The number of amides is 1. The van der Waals surface area contributed by atoms with Crippen LogP contribution in [-0.2, 0) is 10.2 Å². The summed E-state index contributed by atoms with van der Waals surface area (Å²) >= 11 is 0.995. The van der Waals surface area contributed by atoms with Crippen molar-refractivity contribution < 1.29 is 14.7 Å². The molecule has 0 fully saturated rings. The molecule has 0 saturated carbocycles. The number of nitrogens with zero attached hydrogens (tertiary/aromatic N) is 3. The second kappa shape index (κ2) is 4.79. The van der Waals surface area contributed by atoms with Gasteiger partial charge in [0.25, 0.3) is 5.91 Å². The number of carboxylic acids is 1. The van der Waals surface area contributed by atoms with E-state index in [2.05, 4.69) is 9.59 Å². The van der Waals surface area contributed by atoms with Crippen molar-refractivity contribution in [3.8, 4) is 0 Å². The van der Waals surface area contributed by atoms with Gasteiger partial charge in [0.1, 0.15) is 11.4 Å². The number of aliphatic carboxylic acids is 1. The van der Waals surface area contributed by atoms with Gasteiger partial charge >= 0.3 is 5.97 Å². The number of hydrogen-bond donors (Lipinski definition) is 1. The minimum absolute atomic E-state index is 0.290. The van der Waals surface area contributed by atoms with E-state index in [4.69, 9.17) is 5.11 Å². The third-order valence-corrected chi connectivity index (χ3v) is 2.83. The predicted octanol–water partition coefficient (Wildman–Crippen LogP) is 0.992. The van der Waals surface area contributed by atoms with E-state index in [-0.39, 0.29) is 17.9 Å². The topological polar surface area (TPSA) is 83.4 Å². The summed E-state index contributed by atoms with van der Waals surface area (Å²) < 4.78 is 3.77. The molecule has 1 aromatic rings. The Morgan fingerprint density at radius 2 is 2.00 bits per heavy atom. The summed E-state index contributed by atoms with van der Waals surface area (Å²) in [7, 11) is 1.45. The van der Waals surface area contributed by atoms with Crippen LogP contribution in [0, 0.1) is 0 Å². The molecule has 0 aliphatic rings. The van der Waals surface area contributed by atoms with Gasteiger partial charge in [0.05, 0.1) is 5.69 Å². The van der Waals surface area contributed by atoms with E-state index in [1.165, 1.54) is 7.05 Å². The number of rotatable bonds is 3. The summed E-state index contributed by atoms with van der Waals surface area (Å²) in [5.41, 5.74) is 0.312. The summed E-state index contributed by atoms with van der Waals surface area (Å²) in [6, 6.07) is 0. The molecular weight excluding hydrogens is 242 g/mol. The maximum absolute atomic E-state index is 12.0. The smallest absolute Gasteiger partial charge is 0.323 e. The number of hydrogen-bond acceptors (Lipinski definition) is 5. The van der Waals surface area contributed by atoms with Gasteiger partial charge in [-0.2, -0.15) is 0 Å². The lowest BCUT2D eigenvalue weighted by Crippen LogP contribution is -2.33. The van der Waals surface area contributed by atoms with Crippen LogP contribution in [0.4, 0.5) is 0 Å². The fraction of sp³-hybridized carbons (Fsp3) is 0.600. The molecule has 0 spiro atoms. The fourth-order valence-electron chi connectivity index (χ4n) is 1.27. The van der Waals surface area contributed by atoms with Crippen LogP contribution in [0.2, 0.25) is 0 Å². The number of likely N-dealkylation sites (N-methyl/N-ethyl adjacent to an activating group) is 1. The van der Waals surface area contributed by atoms with Gasteiger partial charge in [-0.15, -0.1) is 5.10 Å². The first-order valence-corrected chi connectivity index (χ1v) is 5.81. The molecule has 0 atom stereocenters. The first-order chi connectivity index (χ1) is 7.73. The van der Waals surface area contributed by atoms with Gasteiger partial charge < -0.3 is 10.0 Å². The van der Waals surface area contributed by atoms with Gasteiger partial charge in [0.2, 0.25) is 0 Å². The molecule has 94 valence electrons. The zero-order chi connectivity index (χ0) is 13.2. The van der Waals surface area contributed by atoms with Crippen molar-refractivity contribution in [3.05, 3.63) is 10.6 Å². The third-order valence-electron chi connectivity index (χ3n) is 2.11. The van der Waals surface area contributed by atoms with E-state index in [0.717, 1.165) is 16.4 Å². The molecule has 0 bridgehead atoms. The van der Waals surface area contributed by atoms with E-state index in [9.17, 15) is 9.59 Å². The lowest BCUT2D eigenvalue weighted by Gasteiger charge is -2.18. The average Bonchev–Trinajstić information content (AvgIpc) is 2.62. The molecule has 0 aliphatic carbocycles. The van der Waals surface area contributed by atoms with Crippen molar-refractivity contribution in [2.24, 2.45) is 0 Å². The Hall–Kier alpha value is -1.50. The highest BCUT2D eigenvalue weighted by Gasteiger charge is 2.28. The largest absolute Gasteiger partial charge is 0.480 e. The van der Waals surface area contributed by atoms with Crippen molar-refractivity contribution in [1.29, 1.82) is 0 Å². The average molecular weight is 257 g/mol. The Bertz CT molecular complexity index is 436. The van der Waals surface area contributed by atoms with Crippen LogP contribution in [0.3, 0.4) is 0 Å². The highest BCUT2D eigenvalue weighted by molar-refractivity contribution is 7.08. The van der Waals surface area contributed by atoms with E-state index in [1.807, 2.05) is 20.8 Å². The molecule has 17 heavy (non-hydrogen) atoms. The number of carboxylic acid groups (broad SMARTS) is 1. The molecule has 1 N–H and O–H groups in total. The van der Waals surface area contributed by atoms with Crippen LogP contribution < -0.4 is 0 Å². The molecule has 1 rings (SSSR count). The third kappa shape index (κ3) is 3.23. The normalized spacial score (nSPS) is 11.3. The van der Waals surface area contributed by atoms with Crippen molar-refractivity contribution in [3.63, 3.8) is 0 Å². The predicted molar refractivity (Wildman–Crippen MR) is 63.2 cm³/mol. The van der Waals surface area contributed by atoms with Crippen LogP contribution in [-0.4, -0.2) is 45.1 Å². The van der Waals surface area contributed by atoms with Gasteiger partial charge in [-0.05, 0) is 11.5 Å². The van der Waals surface area contributed by atoms with Gasteiger partial charge in [-0.25, -0.2) is 0 Å². The van der Waals surface area contributed by atoms with Crippen LogP contribution in [0.25, 0.3) is 0 Å². The van der Waals surface area contributed by atoms with Gasteiger partial charge in [0.15, 0.2) is 0 Å². The zero-order valence-corrected chi connectivity index (χ0v) is 11.0. The molecular formula is C10H15N3O3S. The molecule has 0 radical (unpaired) electrons. The second-order valence-corrected chi connectivity index (χ2v) is 5.51. The van der Waals surface area contributed by atoms with Crippen molar-refractivity contribution in [2.75, 3.05) is 13.6 Å². The van der Waals surface area contributed by atoms with Crippen LogP contribution in [0.15, 0.2) is 0 Å². The summed E-state index contributed by atoms with van der Waals surface area (Å²) in [6.07, 6.45) is 0. The molecule has 7 heteroatoms. The van der Waals surface area contributed by atoms with Crippen LogP contribution in [0.1, 0.15) is 36.1 Å².